The van der Waals surface area contributed by atoms with Gasteiger partial charge in [-0.25, -0.2) is 0 Å². The van der Waals surface area contributed by atoms with Gasteiger partial charge in [-0.15, -0.1) is 0 Å². The highest BCUT2D eigenvalue weighted by molar-refractivity contribution is 7.90. The van der Waals surface area contributed by atoms with Gasteiger partial charge in [-0.2, -0.15) is 16.8 Å². The van der Waals surface area contributed by atoms with E-state index in [0.29, 0.717) is 5.57 Å². The molecule has 0 heterocycles. The molecule has 20 heavy (non-hydrogen) atoms. The highest BCUT2D eigenvalue weighted by Gasteiger charge is 2.17. The van der Waals surface area contributed by atoms with Crippen LogP contribution >= 0.6 is 0 Å². The molecular formula is C12H14O6S2. The lowest BCUT2D eigenvalue weighted by molar-refractivity contribution is 0.488. The smallest absolute Gasteiger partial charge is 0.282 e. The van der Waals surface area contributed by atoms with Gasteiger partial charge in [0.1, 0.15) is 4.91 Å². The van der Waals surface area contributed by atoms with Gasteiger partial charge in [0.05, 0.1) is 4.91 Å². The Labute approximate surface area is 118 Å². The average Bonchev–Trinajstić information content (AvgIpc) is 2.26. The van der Waals surface area contributed by atoms with Crippen LogP contribution in [0.25, 0.3) is 0 Å². The topological polar surface area (TPSA) is 109 Å². The number of allylic oxidation sites excluding steroid dienone is 8. The maximum absolute atomic E-state index is 11.2. The normalized spacial score (nSPS) is 27.6. The van der Waals surface area contributed by atoms with Crippen molar-refractivity contribution >= 4 is 20.2 Å². The van der Waals surface area contributed by atoms with Crippen molar-refractivity contribution in [2.45, 2.75) is 13.3 Å². The molecule has 0 bridgehead atoms. The quantitative estimate of drug-likeness (QED) is 0.754. The van der Waals surface area contributed by atoms with Gasteiger partial charge in [0.15, 0.2) is 0 Å². The van der Waals surface area contributed by atoms with Gasteiger partial charge in [-0.1, -0.05) is 30.4 Å². The second-order valence-corrected chi connectivity index (χ2v) is 6.99. The summed E-state index contributed by atoms with van der Waals surface area (Å²) >= 11 is 0. The molecule has 1 rings (SSSR count). The highest BCUT2D eigenvalue weighted by atomic mass is 32.2. The minimum absolute atomic E-state index is 0.00640. The van der Waals surface area contributed by atoms with Crippen LogP contribution in [-0.4, -0.2) is 25.9 Å². The Hall–Kier alpha value is -1.48. The Morgan fingerprint density at radius 1 is 1.15 bits per heavy atom. The predicted molar refractivity (Wildman–Crippen MR) is 75.9 cm³/mol. The fraction of sp³-hybridized carbons (Fsp3) is 0.167. The fourth-order valence-corrected chi connectivity index (χ4v) is 2.75. The minimum atomic E-state index is -4.44. The van der Waals surface area contributed by atoms with Crippen LogP contribution in [0.3, 0.4) is 0 Å². The summed E-state index contributed by atoms with van der Waals surface area (Å²) in [5.74, 6) is 0. The van der Waals surface area contributed by atoms with Crippen molar-refractivity contribution in [2.75, 3.05) is 0 Å². The van der Waals surface area contributed by atoms with Crippen molar-refractivity contribution in [3.05, 3.63) is 57.9 Å². The Morgan fingerprint density at radius 2 is 1.75 bits per heavy atom. The lowest BCUT2D eigenvalue weighted by Crippen LogP contribution is -2.05. The maximum Gasteiger partial charge on any atom is 0.295 e. The van der Waals surface area contributed by atoms with Crippen LogP contribution in [0, 0.1) is 0 Å². The van der Waals surface area contributed by atoms with E-state index in [-0.39, 0.29) is 21.8 Å². The van der Waals surface area contributed by atoms with Crippen molar-refractivity contribution < 1.29 is 25.9 Å². The van der Waals surface area contributed by atoms with Crippen molar-refractivity contribution in [3.8, 4) is 0 Å². The minimum Gasteiger partial charge on any atom is -0.282 e. The third-order valence-electron chi connectivity index (χ3n) is 2.49. The largest absolute Gasteiger partial charge is 0.295 e. The maximum atomic E-state index is 11.2. The van der Waals surface area contributed by atoms with Crippen LogP contribution in [0.5, 0.6) is 0 Å². The third-order valence-corrected chi connectivity index (χ3v) is 4.39. The molecule has 8 heteroatoms. The molecule has 110 valence electrons. The number of hydrogen-bond donors (Lipinski definition) is 2. The van der Waals surface area contributed by atoms with Gasteiger partial charge in [0, 0.05) is 6.42 Å². The summed E-state index contributed by atoms with van der Waals surface area (Å²) in [6, 6.07) is 0. The summed E-state index contributed by atoms with van der Waals surface area (Å²) in [5.41, 5.74) is 0.400. The monoisotopic (exact) mass is 318 g/mol. The molecule has 0 aromatic heterocycles. The zero-order valence-corrected chi connectivity index (χ0v) is 12.3. The van der Waals surface area contributed by atoms with Gasteiger partial charge in [0.25, 0.3) is 20.2 Å². The van der Waals surface area contributed by atoms with E-state index in [1.807, 2.05) is 0 Å². The molecule has 0 fully saturated rings. The van der Waals surface area contributed by atoms with Crippen LogP contribution in [0.2, 0.25) is 0 Å². The Kier molecular flexibility index (Phi) is 4.87. The summed E-state index contributed by atoms with van der Waals surface area (Å²) in [6.07, 6.45) is 6.09. The van der Waals surface area contributed by atoms with Crippen molar-refractivity contribution in [2.24, 2.45) is 0 Å². The molecule has 0 spiro atoms. The first-order valence-corrected chi connectivity index (χ1v) is 8.30. The van der Waals surface area contributed by atoms with Crippen molar-refractivity contribution in [1.29, 1.82) is 0 Å². The molecule has 1 aliphatic rings. The molecule has 6 nitrogen and oxygen atoms in total. The van der Waals surface area contributed by atoms with Crippen LogP contribution in [-0.2, 0) is 20.2 Å². The van der Waals surface area contributed by atoms with E-state index in [4.69, 9.17) is 9.11 Å². The van der Waals surface area contributed by atoms with Gasteiger partial charge in [0.2, 0.25) is 0 Å². The number of hydrogen-bond acceptors (Lipinski definition) is 4. The summed E-state index contributed by atoms with van der Waals surface area (Å²) in [7, 11) is -8.77. The van der Waals surface area contributed by atoms with E-state index in [9.17, 15) is 16.8 Å². The molecule has 2 N–H and O–H groups in total. The van der Waals surface area contributed by atoms with Crippen LogP contribution in [0.15, 0.2) is 57.9 Å². The van der Waals surface area contributed by atoms with Gasteiger partial charge >= 0.3 is 0 Å². The molecule has 0 amide bonds. The first-order valence-electron chi connectivity index (χ1n) is 5.42. The van der Waals surface area contributed by atoms with E-state index >= 15 is 0 Å². The van der Waals surface area contributed by atoms with Crippen LogP contribution in [0.1, 0.15) is 13.3 Å². The first kappa shape index (κ1) is 16.6. The summed E-state index contributed by atoms with van der Waals surface area (Å²) in [6.45, 7) is 5.03. The Balaban J connectivity index is 3.40. The Bertz CT molecular complexity index is 746. The average molecular weight is 318 g/mol. The molecule has 0 unspecified atom stereocenters. The first-order chi connectivity index (χ1) is 9.01. The van der Waals surface area contributed by atoms with Gasteiger partial charge in [-0.3, -0.25) is 9.11 Å². The molecular weight excluding hydrogens is 304 g/mol. The molecule has 0 aliphatic heterocycles. The van der Waals surface area contributed by atoms with Gasteiger partial charge < -0.3 is 0 Å². The standard InChI is InChI=1S/C12H14O6S2/c1-9-6-7-11(19(13,14)15)5-3-4-10(2)12(8-9)20(16,17)18/h3-6,8H,2,7H2,1H3,(H,13,14,15)(H,16,17,18)/b4-3-,9-6-,11-5+,12-8+. The third kappa shape index (κ3) is 4.57. The Morgan fingerprint density at radius 3 is 2.25 bits per heavy atom. The van der Waals surface area contributed by atoms with Gasteiger partial charge in [-0.05, 0) is 24.6 Å². The zero-order valence-electron chi connectivity index (χ0n) is 10.6. The van der Waals surface area contributed by atoms with Crippen LogP contribution < -0.4 is 0 Å². The second-order valence-electron chi connectivity index (χ2n) is 4.13. The number of rotatable bonds is 2. The lowest BCUT2D eigenvalue weighted by atomic mass is 10.1. The lowest BCUT2D eigenvalue weighted by Gasteiger charge is -2.07. The SMILES string of the molecule is C=C1/C=C\C=C(\S(=O)(=O)O)C/C=C(C)\C=C/1S(=O)(=O)O. The van der Waals surface area contributed by atoms with E-state index in [1.54, 1.807) is 0 Å². The zero-order chi connectivity index (χ0) is 15.6. The van der Waals surface area contributed by atoms with E-state index in [1.165, 1.54) is 31.2 Å². The molecule has 0 saturated carbocycles. The molecule has 0 aromatic rings. The van der Waals surface area contributed by atoms with Crippen LogP contribution in [0.4, 0.5) is 0 Å². The molecule has 0 atom stereocenters. The molecule has 0 radical (unpaired) electrons. The van der Waals surface area contributed by atoms with Crippen molar-refractivity contribution in [3.63, 3.8) is 0 Å². The van der Waals surface area contributed by atoms with E-state index in [0.717, 1.165) is 6.08 Å². The van der Waals surface area contributed by atoms with E-state index in [2.05, 4.69) is 6.58 Å². The van der Waals surface area contributed by atoms with Crippen molar-refractivity contribution in [1.82, 2.24) is 0 Å². The van der Waals surface area contributed by atoms with E-state index < -0.39 is 20.2 Å². The summed E-state index contributed by atoms with van der Waals surface area (Å²) in [5, 5.41) is 0. The second kappa shape index (κ2) is 5.88. The summed E-state index contributed by atoms with van der Waals surface area (Å²) in [4.78, 5) is -0.601. The molecule has 0 saturated heterocycles. The predicted octanol–water partition coefficient (Wildman–Crippen LogP) is 1.99. The molecule has 0 aromatic carbocycles. The fourth-order valence-electron chi connectivity index (χ4n) is 1.47. The summed E-state index contributed by atoms with van der Waals surface area (Å²) < 4.78 is 62.9. The highest BCUT2D eigenvalue weighted by Crippen LogP contribution is 2.21. The molecule has 1 aliphatic carbocycles.